The Bertz CT molecular complexity index is 972. The fraction of sp³-hybridized carbons (Fsp3) is 0.176. The zero-order chi connectivity index (χ0) is 19.8. The number of alkyl halides is 3. The Hall–Kier alpha value is -2.32. The molecule has 2 aromatic heterocycles. The van der Waals surface area contributed by atoms with Crippen LogP contribution in [0.4, 0.5) is 17.6 Å². The van der Waals surface area contributed by atoms with Gasteiger partial charge in [-0.1, -0.05) is 29.3 Å². The van der Waals surface area contributed by atoms with E-state index in [1.165, 1.54) is 18.3 Å². The van der Waals surface area contributed by atoms with Crippen molar-refractivity contribution in [2.75, 3.05) is 0 Å². The zero-order valence-electron chi connectivity index (χ0n) is 13.7. The molecule has 0 aliphatic rings. The molecule has 0 aliphatic carbocycles. The summed E-state index contributed by atoms with van der Waals surface area (Å²) in [6.45, 7) is 0.117. The summed E-state index contributed by atoms with van der Waals surface area (Å²) in [5, 5.41) is 3.37. The minimum Gasteiger partial charge on any atom is -0.489 e. The summed E-state index contributed by atoms with van der Waals surface area (Å²) in [6.07, 6.45) is -3.19. The lowest BCUT2D eigenvalue weighted by molar-refractivity contribution is -0.143. The van der Waals surface area contributed by atoms with Gasteiger partial charge in [0.15, 0.2) is 5.69 Å². The number of ether oxygens (including phenoxy) is 1. The van der Waals surface area contributed by atoms with Gasteiger partial charge in [0.2, 0.25) is 0 Å². The van der Waals surface area contributed by atoms with Crippen LogP contribution in [0.2, 0.25) is 10.2 Å². The van der Waals surface area contributed by atoms with Gasteiger partial charge in [-0.3, -0.25) is 4.68 Å². The molecule has 27 heavy (non-hydrogen) atoms. The number of nitrogens with zero attached hydrogens (tertiary/aromatic N) is 3. The molecule has 2 heterocycles. The van der Waals surface area contributed by atoms with Crippen LogP contribution in [-0.2, 0) is 19.8 Å². The molecule has 0 unspecified atom stereocenters. The van der Waals surface area contributed by atoms with Gasteiger partial charge < -0.3 is 4.74 Å². The molecular formula is C17H11Cl2F4N3O. The van der Waals surface area contributed by atoms with E-state index >= 15 is 0 Å². The van der Waals surface area contributed by atoms with Gasteiger partial charge >= 0.3 is 6.18 Å². The van der Waals surface area contributed by atoms with E-state index in [1.807, 2.05) is 0 Å². The molecule has 0 saturated carbocycles. The predicted molar refractivity (Wildman–Crippen MR) is 92.2 cm³/mol. The topological polar surface area (TPSA) is 39.9 Å². The first-order valence-electron chi connectivity index (χ1n) is 7.49. The summed E-state index contributed by atoms with van der Waals surface area (Å²) >= 11 is 11.5. The number of aryl methyl sites for hydroxylation is 1. The minimum atomic E-state index is -4.71. The summed E-state index contributed by atoms with van der Waals surface area (Å²) in [5.41, 5.74) is -0.885. The standard InChI is InChI=1S/C17H11Cl2F4N3O/c1-26-16(17(21,22)23)14(19)15(25-26)11-4-3-10(6-12(11)20)27-8-9-2-5-13(18)24-7-9/h2-7H,8H2,1H3. The maximum absolute atomic E-state index is 14.4. The van der Waals surface area contributed by atoms with Crippen LogP contribution < -0.4 is 4.74 Å². The van der Waals surface area contributed by atoms with Crippen molar-refractivity contribution in [1.82, 2.24) is 14.8 Å². The van der Waals surface area contributed by atoms with Crippen LogP contribution in [0.15, 0.2) is 36.5 Å². The first kappa shape index (κ1) is 19.4. The molecule has 10 heteroatoms. The third-order valence-electron chi connectivity index (χ3n) is 3.65. The SMILES string of the molecule is Cn1nc(-c2ccc(OCc3ccc(Cl)nc3)cc2F)c(Cl)c1C(F)(F)F. The monoisotopic (exact) mass is 419 g/mol. The average molecular weight is 420 g/mol. The molecule has 0 atom stereocenters. The van der Waals surface area contributed by atoms with Gasteiger partial charge in [0.05, 0.1) is 5.02 Å². The third kappa shape index (κ3) is 4.17. The first-order valence-corrected chi connectivity index (χ1v) is 8.25. The van der Waals surface area contributed by atoms with E-state index < -0.39 is 22.7 Å². The Balaban J connectivity index is 1.84. The van der Waals surface area contributed by atoms with Gasteiger partial charge in [0, 0.05) is 30.4 Å². The van der Waals surface area contributed by atoms with Crippen LogP contribution in [0, 0.1) is 5.82 Å². The fourth-order valence-electron chi connectivity index (χ4n) is 2.41. The fourth-order valence-corrected chi connectivity index (χ4v) is 2.90. The van der Waals surface area contributed by atoms with Crippen LogP contribution in [0.5, 0.6) is 5.75 Å². The number of hydrogen-bond donors (Lipinski definition) is 0. The summed E-state index contributed by atoms with van der Waals surface area (Å²) in [4.78, 5) is 3.90. The molecule has 0 spiro atoms. The highest BCUT2D eigenvalue weighted by Gasteiger charge is 2.39. The second-order valence-corrected chi connectivity index (χ2v) is 6.32. The van der Waals surface area contributed by atoms with Crippen molar-refractivity contribution >= 4 is 23.2 Å². The lowest BCUT2D eigenvalue weighted by atomic mass is 10.1. The molecule has 1 aromatic carbocycles. The van der Waals surface area contributed by atoms with Crippen molar-refractivity contribution in [3.63, 3.8) is 0 Å². The van der Waals surface area contributed by atoms with Gasteiger partial charge in [-0.2, -0.15) is 18.3 Å². The van der Waals surface area contributed by atoms with Crippen molar-refractivity contribution in [3.8, 4) is 17.0 Å². The van der Waals surface area contributed by atoms with Crippen molar-refractivity contribution in [3.05, 3.63) is 63.8 Å². The van der Waals surface area contributed by atoms with E-state index in [2.05, 4.69) is 10.1 Å². The second-order valence-electron chi connectivity index (χ2n) is 5.55. The number of benzene rings is 1. The van der Waals surface area contributed by atoms with E-state index in [-0.39, 0.29) is 23.6 Å². The molecular weight excluding hydrogens is 409 g/mol. The van der Waals surface area contributed by atoms with Gasteiger partial charge in [-0.25, -0.2) is 9.37 Å². The number of halogens is 6. The van der Waals surface area contributed by atoms with Crippen molar-refractivity contribution in [2.24, 2.45) is 7.05 Å². The first-order chi connectivity index (χ1) is 12.7. The summed E-state index contributed by atoms with van der Waals surface area (Å²) in [5.74, 6) is -0.621. The molecule has 142 valence electrons. The third-order valence-corrected chi connectivity index (χ3v) is 4.23. The molecule has 3 rings (SSSR count). The van der Waals surface area contributed by atoms with Crippen molar-refractivity contribution in [1.29, 1.82) is 0 Å². The van der Waals surface area contributed by atoms with Crippen molar-refractivity contribution < 1.29 is 22.3 Å². The van der Waals surface area contributed by atoms with Crippen LogP contribution in [-0.4, -0.2) is 14.8 Å². The minimum absolute atomic E-state index is 0.117. The quantitative estimate of drug-likeness (QED) is 0.412. The molecule has 0 aliphatic heterocycles. The summed E-state index contributed by atoms with van der Waals surface area (Å²) < 4.78 is 59.5. The van der Waals surface area contributed by atoms with Crippen LogP contribution in [0.3, 0.4) is 0 Å². The molecule has 3 aromatic rings. The van der Waals surface area contributed by atoms with E-state index in [1.54, 1.807) is 12.1 Å². The predicted octanol–water partition coefficient (Wildman–Crippen LogP) is 5.53. The normalized spacial score (nSPS) is 11.7. The Morgan fingerprint density at radius 2 is 1.89 bits per heavy atom. The Kier molecular flexibility index (Phi) is 5.30. The number of hydrogen-bond acceptors (Lipinski definition) is 3. The number of aromatic nitrogens is 3. The van der Waals surface area contributed by atoms with Crippen LogP contribution in [0.1, 0.15) is 11.3 Å². The molecule has 0 bridgehead atoms. The lowest BCUT2D eigenvalue weighted by Gasteiger charge is -2.08. The Labute approximate surface area is 161 Å². The highest BCUT2D eigenvalue weighted by Crippen LogP contribution is 2.40. The van der Waals surface area contributed by atoms with Gasteiger partial charge in [0.1, 0.15) is 29.0 Å². The van der Waals surface area contributed by atoms with E-state index in [0.29, 0.717) is 15.4 Å². The van der Waals surface area contributed by atoms with E-state index in [9.17, 15) is 17.6 Å². The molecule has 4 nitrogen and oxygen atoms in total. The summed E-state index contributed by atoms with van der Waals surface area (Å²) in [6, 6.07) is 7.02. The Morgan fingerprint density at radius 3 is 2.44 bits per heavy atom. The lowest BCUT2D eigenvalue weighted by Crippen LogP contribution is -2.12. The number of pyridine rings is 1. The largest absolute Gasteiger partial charge is 0.489 e. The van der Waals surface area contributed by atoms with Crippen LogP contribution >= 0.6 is 23.2 Å². The van der Waals surface area contributed by atoms with Gasteiger partial charge in [-0.15, -0.1) is 0 Å². The van der Waals surface area contributed by atoms with E-state index in [0.717, 1.165) is 13.1 Å². The molecule has 0 saturated heterocycles. The highest BCUT2D eigenvalue weighted by molar-refractivity contribution is 6.33. The number of rotatable bonds is 4. The molecule has 0 radical (unpaired) electrons. The molecule has 0 N–H and O–H groups in total. The van der Waals surface area contributed by atoms with Gasteiger partial charge in [0.25, 0.3) is 0 Å². The zero-order valence-corrected chi connectivity index (χ0v) is 15.2. The van der Waals surface area contributed by atoms with E-state index in [4.69, 9.17) is 27.9 Å². The van der Waals surface area contributed by atoms with Crippen LogP contribution in [0.25, 0.3) is 11.3 Å². The van der Waals surface area contributed by atoms with Crippen molar-refractivity contribution in [2.45, 2.75) is 12.8 Å². The maximum Gasteiger partial charge on any atom is 0.434 e. The molecule has 0 amide bonds. The highest BCUT2D eigenvalue weighted by atomic mass is 35.5. The van der Waals surface area contributed by atoms with Gasteiger partial charge in [-0.05, 0) is 18.2 Å². The average Bonchev–Trinajstić information content (AvgIpc) is 2.88. The second kappa shape index (κ2) is 7.36. The Morgan fingerprint density at radius 1 is 1.15 bits per heavy atom. The molecule has 0 fully saturated rings. The summed E-state index contributed by atoms with van der Waals surface area (Å²) in [7, 11) is 1.09. The smallest absolute Gasteiger partial charge is 0.434 e. The maximum atomic E-state index is 14.4.